The zero-order valence-corrected chi connectivity index (χ0v) is 15.4. The van der Waals surface area contributed by atoms with E-state index >= 15 is 0 Å². The van der Waals surface area contributed by atoms with E-state index in [-0.39, 0.29) is 17.3 Å². The molecule has 0 radical (unpaired) electrons. The van der Waals surface area contributed by atoms with Gasteiger partial charge >= 0.3 is 0 Å². The molecular weight excluding hydrogens is 364 g/mol. The van der Waals surface area contributed by atoms with Crippen LogP contribution in [-0.2, 0) is 14.6 Å². The Bertz CT molecular complexity index is 851. The van der Waals surface area contributed by atoms with Gasteiger partial charge in [-0.1, -0.05) is 11.6 Å². The van der Waals surface area contributed by atoms with Gasteiger partial charge in [-0.3, -0.25) is 4.79 Å². The molecule has 0 saturated heterocycles. The van der Waals surface area contributed by atoms with Crippen LogP contribution >= 0.6 is 11.6 Å². The van der Waals surface area contributed by atoms with Crippen molar-refractivity contribution in [3.05, 3.63) is 47.5 Å². The number of hydrogen-bond donors (Lipinski definition) is 2. The van der Waals surface area contributed by atoms with E-state index in [2.05, 4.69) is 10.6 Å². The van der Waals surface area contributed by atoms with E-state index < -0.39 is 9.84 Å². The first kappa shape index (κ1) is 19.1. The van der Waals surface area contributed by atoms with Gasteiger partial charge in [0.05, 0.1) is 23.7 Å². The summed E-state index contributed by atoms with van der Waals surface area (Å²) in [6.07, 6.45) is 1.09. The number of rotatable bonds is 7. The largest absolute Gasteiger partial charge is 0.494 e. The Balaban J connectivity index is 2.01. The molecule has 6 nitrogen and oxygen atoms in total. The van der Waals surface area contributed by atoms with E-state index in [1.807, 2.05) is 6.92 Å². The molecule has 1 amide bonds. The number of ether oxygens (including phenoxy) is 1. The molecule has 0 heterocycles. The summed E-state index contributed by atoms with van der Waals surface area (Å²) in [6.45, 7) is 2.37. The van der Waals surface area contributed by atoms with Crippen LogP contribution < -0.4 is 15.4 Å². The number of nitrogens with one attached hydrogen (secondary N) is 2. The van der Waals surface area contributed by atoms with Crippen LogP contribution in [0, 0.1) is 0 Å². The maximum Gasteiger partial charge on any atom is 0.243 e. The summed E-state index contributed by atoms with van der Waals surface area (Å²) in [6, 6.07) is 11.4. The molecular formula is C17H19ClN2O4S. The van der Waals surface area contributed by atoms with Gasteiger partial charge in [0.15, 0.2) is 9.84 Å². The highest BCUT2D eigenvalue weighted by atomic mass is 35.5. The first-order valence-electron chi connectivity index (χ1n) is 7.56. The second kappa shape index (κ2) is 8.22. The highest BCUT2D eigenvalue weighted by Gasteiger charge is 2.14. The van der Waals surface area contributed by atoms with Crippen molar-refractivity contribution in [1.29, 1.82) is 0 Å². The molecule has 134 valence electrons. The average molecular weight is 383 g/mol. The van der Waals surface area contributed by atoms with Crippen molar-refractivity contribution in [2.24, 2.45) is 0 Å². The number of sulfone groups is 1. The van der Waals surface area contributed by atoms with E-state index in [9.17, 15) is 13.2 Å². The second-order valence-electron chi connectivity index (χ2n) is 5.27. The Hall–Kier alpha value is -2.25. The Morgan fingerprint density at radius 3 is 2.44 bits per heavy atom. The molecule has 0 atom stereocenters. The summed E-state index contributed by atoms with van der Waals surface area (Å²) in [4.78, 5) is 12.1. The number of halogens is 1. The second-order valence-corrected chi connectivity index (χ2v) is 7.69. The standard InChI is InChI=1S/C17H19ClN2O4S/c1-3-24-14-7-5-13(6-8-14)20-17(21)11-19-15-9-4-12(18)10-16(15)25(2,22)23/h4-10,19H,3,11H2,1-2H3,(H,20,21). The van der Waals surface area contributed by atoms with Crippen LogP contribution in [0.25, 0.3) is 0 Å². The lowest BCUT2D eigenvalue weighted by Gasteiger charge is -2.12. The fourth-order valence-electron chi connectivity index (χ4n) is 2.13. The molecule has 0 aliphatic heterocycles. The lowest BCUT2D eigenvalue weighted by molar-refractivity contribution is -0.114. The Morgan fingerprint density at radius 2 is 1.84 bits per heavy atom. The molecule has 0 unspecified atom stereocenters. The highest BCUT2D eigenvalue weighted by Crippen LogP contribution is 2.25. The summed E-state index contributed by atoms with van der Waals surface area (Å²) < 4.78 is 29.0. The molecule has 2 rings (SSSR count). The number of carbonyl (C=O) groups excluding carboxylic acids is 1. The molecule has 0 bridgehead atoms. The van der Waals surface area contributed by atoms with Gasteiger partial charge in [-0.25, -0.2) is 8.42 Å². The SMILES string of the molecule is CCOc1ccc(NC(=O)CNc2ccc(Cl)cc2S(C)(=O)=O)cc1. The summed E-state index contributed by atoms with van der Waals surface area (Å²) in [5.74, 6) is 0.413. The molecule has 0 fully saturated rings. The van der Waals surface area contributed by atoms with Gasteiger partial charge in [-0.15, -0.1) is 0 Å². The van der Waals surface area contributed by atoms with E-state index in [4.69, 9.17) is 16.3 Å². The van der Waals surface area contributed by atoms with Gasteiger partial charge in [0.25, 0.3) is 0 Å². The molecule has 25 heavy (non-hydrogen) atoms. The summed E-state index contributed by atoms with van der Waals surface area (Å²) >= 11 is 5.85. The Kier molecular flexibility index (Phi) is 6.27. The van der Waals surface area contributed by atoms with Gasteiger partial charge in [-0.05, 0) is 49.4 Å². The Labute approximate surface area is 152 Å². The van der Waals surface area contributed by atoms with E-state index in [1.54, 1.807) is 30.3 Å². The number of benzene rings is 2. The zero-order chi connectivity index (χ0) is 18.4. The maximum atomic E-state index is 12.0. The van der Waals surface area contributed by atoms with Crippen LogP contribution in [0.2, 0.25) is 5.02 Å². The van der Waals surface area contributed by atoms with Crippen LogP contribution in [0.15, 0.2) is 47.4 Å². The summed E-state index contributed by atoms with van der Waals surface area (Å²) in [5.41, 5.74) is 0.948. The normalized spacial score (nSPS) is 11.0. The predicted molar refractivity (Wildman–Crippen MR) is 99.3 cm³/mol. The van der Waals surface area contributed by atoms with Crippen molar-refractivity contribution in [3.63, 3.8) is 0 Å². The predicted octanol–water partition coefficient (Wildman–Crippen LogP) is 3.19. The lowest BCUT2D eigenvalue weighted by Crippen LogP contribution is -2.22. The number of anilines is 2. The van der Waals surface area contributed by atoms with Crippen LogP contribution in [0.5, 0.6) is 5.75 Å². The van der Waals surface area contributed by atoms with Gasteiger partial charge in [0.1, 0.15) is 5.75 Å². The first-order valence-corrected chi connectivity index (χ1v) is 9.82. The minimum absolute atomic E-state index is 0.0499. The molecule has 0 saturated carbocycles. The van der Waals surface area contributed by atoms with Crippen molar-refractivity contribution < 1.29 is 17.9 Å². The minimum Gasteiger partial charge on any atom is -0.494 e. The number of hydrogen-bond acceptors (Lipinski definition) is 5. The fraction of sp³-hybridized carbons (Fsp3) is 0.235. The third-order valence-electron chi connectivity index (χ3n) is 3.23. The van der Waals surface area contributed by atoms with Crippen molar-refractivity contribution in [2.75, 3.05) is 30.0 Å². The maximum absolute atomic E-state index is 12.0. The lowest BCUT2D eigenvalue weighted by atomic mass is 10.3. The zero-order valence-electron chi connectivity index (χ0n) is 13.9. The fourth-order valence-corrected chi connectivity index (χ4v) is 3.25. The first-order chi connectivity index (χ1) is 11.8. The van der Waals surface area contributed by atoms with Crippen molar-refractivity contribution in [1.82, 2.24) is 0 Å². The van der Waals surface area contributed by atoms with Crippen LogP contribution in [-0.4, -0.2) is 33.7 Å². The van der Waals surface area contributed by atoms with Crippen molar-refractivity contribution >= 4 is 38.7 Å². The van der Waals surface area contributed by atoms with E-state index in [0.29, 0.717) is 23.0 Å². The van der Waals surface area contributed by atoms with Gasteiger partial charge in [0.2, 0.25) is 5.91 Å². The molecule has 0 aromatic heterocycles. The molecule has 0 aliphatic carbocycles. The summed E-state index contributed by atoms with van der Waals surface area (Å²) in [7, 11) is -3.47. The Morgan fingerprint density at radius 1 is 1.16 bits per heavy atom. The molecule has 2 aromatic carbocycles. The summed E-state index contributed by atoms with van der Waals surface area (Å²) in [5, 5.41) is 5.85. The quantitative estimate of drug-likeness (QED) is 0.768. The average Bonchev–Trinajstić information content (AvgIpc) is 2.55. The third kappa shape index (κ3) is 5.65. The number of carbonyl (C=O) groups is 1. The van der Waals surface area contributed by atoms with Crippen molar-refractivity contribution in [3.8, 4) is 5.75 Å². The molecule has 8 heteroatoms. The van der Waals surface area contributed by atoms with Crippen LogP contribution in [0.4, 0.5) is 11.4 Å². The van der Waals surface area contributed by atoms with Gasteiger partial charge in [-0.2, -0.15) is 0 Å². The number of amides is 1. The highest BCUT2D eigenvalue weighted by molar-refractivity contribution is 7.90. The van der Waals surface area contributed by atoms with E-state index in [1.165, 1.54) is 12.1 Å². The molecule has 0 aliphatic rings. The van der Waals surface area contributed by atoms with Gasteiger partial charge < -0.3 is 15.4 Å². The molecule has 2 N–H and O–H groups in total. The van der Waals surface area contributed by atoms with E-state index in [0.717, 1.165) is 12.0 Å². The third-order valence-corrected chi connectivity index (χ3v) is 4.60. The monoisotopic (exact) mass is 382 g/mol. The molecule has 0 spiro atoms. The topological polar surface area (TPSA) is 84.5 Å². The van der Waals surface area contributed by atoms with Gasteiger partial charge in [0, 0.05) is 17.0 Å². The minimum atomic E-state index is -3.47. The smallest absolute Gasteiger partial charge is 0.243 e. The molecule has 2 aromatic rings. The van der Waals surface area contributed by atoms with Crippen molar-refractivity contribution in [2.45, 2.75) is 11.8 Å². The van der Waals surface area contributed by atoms with Crippen LogP contribution in [0.3, 0.4) is 0 Å². The van der Waals surface area contributed by atoms with Crippen LogP contribution in [0.1, 0.15) is 6.92 Å².